The minimum absolute atomic E-state index is 0.126. The number of amides is 1. The quantitative estimate of drug-likeness (QED) is 0.760. The van der Waals surface area contributed by atoms with Gasteiger partial charge < -0.3 is 5.32 Å². The molecule has 1 aliphatic rings. The minimum atomic E-state index is -3.41. The molecule has 2 aromatic rings. The van der Waals surface area contributed by atoms with Gasteiger partial charge >= 0.3 is 0 Å². The van der Waals surface area contributed by atoms with Crippen molar-refractivity contribution in [2.24, 2.45) is 0 Å². The molecule has 9 heteroatoms. The standard InChI is InChI=1S/C18H24N4O3S2/c1-2-17-20-21-18(26-17)19-16(23)11-8-14-6-9-15(10-7-14)27(24,25)22-12-4-3-5-13-22/h6-7,9-10H,2-5,8,11-13H2,1H3,(H,19,21,23). The summed E-state index contributed by atoms with van der Waals surface area (Å²) in [6.45, 7) is 3.17. The van der Waals surface area contributed by atoms with Crippen molar-refractivity contribution < 1.29 is 13.2 Å². The number of carbonyl (C=O) groups excluding carboxylic acids is 1. The van der Waals surface area contributed by atoms with E-state index in [1.165, 1.54) is 11.3 Å². The van der Waals surface area contributed by atoms with Crippen molar-refractivity contribution in [3.05, 3.63) is 34.8 Å². The zero-order valence-electron chi connectivity index (χ0n) is 15.3. The Morgan fingerprint density at radius 2 is 1.85 bits per heavy atom. The van der Waals surface area contributed by atoms with Crippen LogP contribution in [0.3, 0.4) is 0 Å². The summed E-state index contributed by atoms with van der Waals surface area (Å²) in [5, 5.41) is 12.0. The summed E-state index contributed by atoms with van der Waals surface area (Å²) in [5.74, 6) is -0.126. The molecule has 1 N–H and O–H groups in total. The maximum atomic E-state index is 12.6. The molecule has 1 aliphatic heterocycles. The molecule has 1 amide bonds. The van der Waals surface area contributed by atoms with Crippen LogP contribution in [-0.4, -0.2) is 41.9 Å². The van der Waals surface area contributed by atoms with E-state index < -0.39 is 10.0 Å². The molecule has 3 rings (SSSR count). The van der Waals surface area contributed by atoms with Gasteiger partial charge in [-0.2, -0.15) is 4.31 Å². The first-order chi connectivity index (χ1) is 13.0. The van der Waals surface area contributed by atoms with Crippen molar-refractivity contribution in [3.8, 4) is 0 Å². The summed E-state index contributed by atoms with van der Waals surface area (Å²) < 4.78 is 26.9. The monoisotopic (exact) mass is 408 g/mol. The molecule has 0 bridgehead atoms. The van der Waals surface area contributed by atoms with Crippen LogP contribution in [0.4, 0.5) is 5.13 Å². The van der Waals surface area contributed by atoms with Crippen molar-refractivity contribution in [2.45, 2.75) is 50.3 Å². The minimum Gasteiger partial charge on any atom is -0.301 e. The Balaban J connectivity index is 1.55. The van der Waals surface area contributed by atoms with Crippen LogP contribution in [0.25, 0.3) is 0 Å². The fourth-order valence-corrected chi connectivity index (χ4v) is 5.18. The van der Waals surface area contributed by atoms with Crippen molar-refractivity contribution in [2.75, 3.05) is 18.4 Å². The van der Waals surface area contributed by atoms with E-state index in [1.807, 2.05) is 6.92 Å². The lowest BCUT2D eigenvalue weighted by molar-refractivity contribution is -0.116. The number of hydrogen-bond donors (Lipinski definition) is 1. The van der Waals surface area contributed by atoms with Crippen molar-refractivity contribution >= 4 is 32.4 Å². The Morgan fingerprint density at radius 3 is 2.48 bits per heavy atom. The van der Waals surface area contributed by atoms with Crippen molar-refractivity contribution in [3.63, 3.8) is 0 Å². The fourth-order valence-electron chi connectivity index (χ4n) is 2.97. The third-order valence-electron chi connectivity index (χ3n) is 4.53. The summed E-state index contributed by atoms with van der Waals surface area (Å²) in [7, 11) is -3.41. The molecule has 27 heavy (non-hydrogen) atoms. The zero-order valence-corrected chi connectivity index (χ0v) is 17.0. The number of anilines is 1. The number of benzene rings is 1. The van der Waals surface area contributed by atoms with E-state index in [9.17, 15) is 13.2 Å². The van der Waals surface area contributed by atoms with Crippen LogP contribution in [0.15, 0.2) is 29.2 Å². The van der Waals surface area contributed by atoms with Crippen LogP contribution in [0.1, 0.15) is 43.2 Å². The molecule has 146 valence electrons. The number of hydrogen-bond acceptors (Lipinski definition) is 6. The number of carbonyl (C=O) groups is 1. The van der Waals surface area contributed by atoms with Crippen LogP contribution >= 0.6 is 11.3 Å². The topological polar surface area (TPSA) is 92.3 Å². The fraction of sp³-hybridized carbons (Fsp3) is 0.500. The maximum absolute atomic E-state index is 12.6. The number of aryl methyl sites for hydroxylation is 2. The first kappa shape index (κ1) is 19.9. The normalized spacial score (nSPS) is 15.6. The zero-order chi connectivity index (χ0) is 19.3. The SMILES string of the molecule is CCc1nnc(NC(=O)CCc2ccc(S(=O)(=O)N3CCCCC3)cc2)s1. The van der Waals surface area contributed by atoms with Crippen LogP contribution in [0.2, 0.25) is 0 Å². The molecule has 1 saturated heterocycles. The molecule has 1 aromatic heterocycles. The first-order valence-electron chi connectivity index (χ1n) is 9.20. The third-order valence-corrected chi connectivity index (χ3v) is 7.43. The van der Waals surface area contributed by atoms with E-state index >= 15 is 0 Å². The molecule has 0 unspecified atom stereocenters. The van der Waals surface area contributed by atoms with Gasteiger partial charge in [-0.15, -0.1) is 10.2 Å². The van der Waals surface area contributed by atoms with Gasteiger partial charge in [-0.1, -0.05) is 36.8 Å². The van der Waals surface area contributed by atoms with Crippen LogP contribution in [0.5, 0.6) is 0 Å². The number of sulfonamides is 1. The summed E-state index contributed by atoms with van der Waals surface area (Å²) in [6.07, 6.45) is 4.56. The second-order valence-electron chi connectivity index (χ2n) is 6.51. The number of piperidine rings is 1. The van der Waals surface area contributed by atoms with E-state index in [1.54, 1.807) is 28.6 Å². The summed E-state index contributed by atoms with van der Waals surface area (Å²) >= 11 is 1.38. The predicted octanol–water partition coefficient (Wildman–Crippen LogP) is 2.85. The highest BCUT2D eigenvalue weighted by atomic mass is 32.2. The Hall–Kier alpha value is -1.84. The number of nitrogens with one attached hydrogen (secondary N) is 1. The molecule has 0 spiro atoms. The first-order valence-corrected chi connectivity index (χ1v) is 11.5. The number of rotatable bonds is 7. The Bertz CT molecular complexity index is 872. The number of aromatic nitrogens is 2. The van der Waals surface area contributed by atoms with E-state index in [4.69, 9.17) is 0 Å². The van der Waals surface area contributed by atoms with E-state index in [0.29, 0.717) is 36.0 Å². The van der Waals surface area contributed by atoms with Gasteiger partial charge in [0.05, 0.1) is 4.90 Å². The Labute approximate surface area is 163 Å². The number of nitrogens with zero attached hydrogens (tertiary/aromatic N) is 3. The van der Waals surface area contributed by atoms with Gasteiger partial charge in [-0.3, -0.25) is 4.79 Å². The van der Waals surface area contributed by atoms with Gasteiger partial charge in [-0.05, 0) is 43.4 Å². The summed E-state index contributed by atoms with van der Waals surface area (Å²) in [5.41, 5.74) is 0.925. The van der Waals surface area contributed by atoms with Crippen molar-refractivity contribution in [1.82, 2.24) is 14.5 Å². The molecule has 2 heterocycles. The van der Waals surface area contributed by atoms with Gasteiger partial charge in [0.15, 0.2) is 0 Å². The highest BCUT2D eigenvalue weighted by molar-refractivity contribution is 7.89. The Morgan fingerprint density at radius 1 is 1.15 bits per heavy atom. The van der Waals surface area contributed by atoms with Gasteiger partial charge in [-0.25, -0.2) is 8.42 Å². The van der Waals surface area contributed by atoms with Crippen LogP contribution in [-0.2, 0) is 27.7 Å². The average Bonchev–Trinajstić information content (AvgIpc) is 3.15. The molecular formula is C18H24N4O3S2. The van der Waals surface area contributed by atoms with Crippen LogP contribution in [0, 0.1) is 0 Å². The molecule has 7 nitrogen and oxygen atoms in total. The molecule has 0 radical (unpaired) electrons. The Kier molecular flexibility index (Phi) is 6.56. The van der Waals surface area contributed by atoms with E-state index in [-0.39, 0.29) is 5.91 Å². The molecular weight excluding hydrogens is 384 g/mol. The molecule has 1 aromatic carbocycles. The second-order valence-corrected chi connectivity index (χ2v) is 9.51. The second kappa shape index (κ2) is 8.90. The maximum Gasteiger partial charge on any atom is 0.243 e. The summed E-state index contributed by atoms with van der Waals surface area (Å²) in [6, 6.07) is 6.83. The molecule has 0 aliphatic carbocycles. The van der Waals surface area contributed by atoms with Gasteiger partial charge in [0.2, 0.25) is 21.1 Å². The lowest BCUT2D eigenvalue weighted by atomic mass is 10.1. The predicted molar refractivity (Wildman–Crippen MR) is 105 cm³/mol. The van der Waals surface area contributed by atoms with E-state index in [2.05, 4.69) is 15.5 Å². The lowest BCUT2D eigenvalue weighted by Crippen LogP contribution is -2.35. The smallest absolute Gasteiger partial charge is 0.243 e. The van der Waals surface area contributed by atoms with Gasteiger partial charge in [0.25, 0.3) is 0 Å². The highest BCUT2D eigenvalue weighted by Gasteiger charge is 2.25. The van der Waals surface area contributed by atoms with Crippen LogP contribution < -0.4 is 5.32 Å². The van der Waals surface area contributed by atoms with Crippen molar-refractivity contribution in [1.29, 1.82) is 0 Å². The molecule has 0 atom stereocenters. The lowest BCUT2D eigenvalue weighted by Gasteiger charge is -2.25. The average molecular weight is 409 g/mol. The molecule has 0 saturated carbocycles. The van der Waals surface area contributed by atoms with E-state index in [0.717, 1.165) is 36.3 Å². The summed E-state index contributed by atoms with van der Waals surface area (Å²) in [4.78, 5) is 12.4. The third kappa shape index (κ3) is 5.12. The van der Waals surface area contributed by atoms with Gasteiger partial charge in [0.1, 0.15) is 5.01 Å². The van der Waals surface area contributed by atoms with Gasteiger partial charge in [0, 0.05) is 19.5 Å². The highest BCUT2D eigenvalue weighted by Crippen LogP contribution is 2.21. The molecule has 1 fully saturated rings. The largest absolute Gasteiger partial charge is 0.301 e.